The zero-order valence-electron chi connectivity index (χ0n) is 13.4. The lowest BCUT2D eigenvalue weighted by molar-refractivity contribution is -0.128. The minimum Gasteiger partial charge on any atom is -0.467 e. The fourth-order valence-electron chi connectivity index (χ4n) is 3.67. The van der Waals surface area contributed by atoms with Crippen LogP contribution in [0.25, 0.3) is 0 Å². The van der Waals surface area contributed by atoms with Gasteiger partial charge in [-0.3, -0.25) is 4.79 Å². The van der Waals surface area contributed by atoms with Crippen LogP contribution >= 0.6 is 0 Å². The molecule has 3 aliphatic rings. The molecular weight excluding hydrogens is 332 g/mol. The highest BCUT2D eigenvalue weighted by Crippen LogP contribution is 2.39. The quantitative estimate of drug-likeness (QED) is 0.847. The van der Waals surface area contributed by atoms with Crippen LogP contribution in [0, 0.1) is 5.92 Å². The lowest BCUT2D eigenvalue weighted by atomic mass is 9.91. The van der Waals surface area contributed by atoms with Crippen molar-refractivity contribution in [3.05, 3.63) is 24.2 Å². The van der Waals surface area contributed by atoms with Crippen LogP contribution in [0.5, 0.6) is 0 Å². The standard InChI is InChI=1S/C16H22N2O5S/c19-16(17-9-12-2-1-6-22-12)11-8-15-14(5-7-23-15)18(10-11)24(20,21)13-3-4-13/h1-2,6,11,13-15H,3-5,7-10H2,(H,17,19)/t11-,14+,15+/m0/s1. The molecule has 0 bridgehead atoms. The van der Waals surface area contributed by atoms with Crippen LogP contribution in [0.2, 0.25) is 0 Å². The van der Waals surface area contributed by atoms with E-state index in [2.05, 4.69) is 5.32 Å². The van der Waals surface area contributed by atoms with E-state index < -0.39 is 10.0 Å². The summed E-state index contributed by atoms with van der Waals surface area (Å²) in [6, 6.07) is 3.45. The molecule has 1 aromatic heterocycles. The maximum Gasteiger partial charge on any atom is 0.224 e. The maximum absolute atomic E-state index is 12.7. The molecule has 3 heterocycles. The molecule has 1 saturated carbocycles. The lowest BCUT2D eigenvalue weighted by Crippen LogP contribution is -2.55. The molecule has 1 N–H and O–H groups in total. The van der Waals surface area contributed by atoms with Gasteiger partial charge in [0.05, 0.1) is 36.1 Å². The van der Waals surface area contributed by atoms with Crippen LogP contribution in [-0.4, -0.2) is 49.2 Å². The summed E-state index contributed by atoms with van der Waals surface area (Å²) in [7, 11) is -3.31. The molecule has 2 aliphatic heterocycles. The van der Waals surface area contributed by atoms with Crippen LogP contribution in [0.4, 0.5) is 0 Å². The first kappa shape index (κ1) is 16.1. The SMILES string of the molecule is O=C(NCc1ccco1)[C@H]1C[C@H]2OCC[C@H]2N(S(=O)(=O)C2CC2)C1. The van der Waals surface area contributed by atoms with E-state index >= 15 is 0 Å². The third kappa shape index (κ3) is 2.98. The molecule has 0 spiro atoms. The summed E-state index contributed by atoms with van der Waals surface area (Å²) in [6.45, 7) is 1.13. The van der Waals surface area contributed by atoms with Crippen LogP contribution in [0.15, 0.2) is 22.8 Å². The number of amides is 1. The number of hydrogen-bond donors (Lipinski definition) is 1. The molecule has 4 rings (SSSR count). The van der Waals surface area contributed by atoms with E-state index in [9.17, 15) is 13.2 Å². The zero-order chi connectivity index (χ0) is 16.7. The lowest BCUT2D eigenvalue weighted by Gasteiger charge is -2.39. The van der Waals surface area contributed by atoms with Gasteiger partial charge in [0.25, 0.3) is 0 Å². The molecule has 132 valence electrons. The first-order valence-corrected chi connectivity index (χ1v) is 9.98. The van der Waals surface area contributed by atoms with Gasteiger partial charge in [-0.2, -0.15) is 4.31 Å². The van der Waals surface area contributed by atoms with Gasteiger partial charge in [-0.25, -0.2) is 8.42 Å². The summed E-state index contributed by atoms with van der Waals surface area (Å²) < 4.78 is 37.9. The number of sulfonamides is 1. The van der Waals surface area contributed by atoms with Crippen molar-refractivity contribution < 1.29 is 22.4 Å². The van der Waals surface area contributed by atoms with Crippen molar-refractivity contribution in [3.8, 4) is 0 Å². The normalized spacial score (nSPS) is 30.9. The van der Waals surface area contributed by atoms with E-state index in [0.29, 0.717) is 25.3 Å². The number of hydrogen-bond acceptors (Lipinski definition) is 5. The highest BCUT2D eigenvalue weighted by Gasteiger charge is 2.50. The first-order chi connectivity index (χ1) is 11.6. The van der Waals surface area contributed by atoms with Gasteiger partial charge in [-0.05, 0) is 37.8 Å². The average molecular weight is 354 g/mol. The first-order valence-electron chi connectivity index (χ1n) is 8.48. The summed E-state index contributed by atoms with van der Waals surface area (Å²) in [5.41, 5.74) is 0. The van der Waals surface area contributed by atoms with Gasteiger partial charge in [0.15, 0.2) is 0 Å². The highest BCUT2D eigenvalue weighted by molar-refractivity contribution is 7.90. The van der Waals surface area contributed by atoms with Crippen molar-refractivity contribution in [3.63, 3.8) is 0 Å². The molecule has 2 saturated heterocycles. The Bertz CT molecular complexity index is 698. The Morgan fingerprint density at radius 1 is 1.33 bits per heavy atom. The van der Waals surface area contributed by atoms with Gasteiger partial charge in [0.2, 0.25) is 15.9 Å². The number of rotatable bonds is 5. The molecule has 3 fully saturated rings. The van der Waals surface area contributed by atoms with E-state index in [1.807, 2.05) is 0 Å². The molecule has 0 radical (unpaired) electrons. The smallest absolute Gasteiger partial charge is 0.224 e. The second-order valence-corrected chi connectivity index (χ2v) is 8.97. The minimum atomic E-state index is -3.31. The predicted octanol–water partition coefficient (Wildman–Crippen LogP) is 0.867. The van der Waals surface area contributed by atoms with Crippen molar-refractivity contribution in [2.45, 2.75) is 49.6 Å². The number of nitrogens with zero attached hydrogens (tertiary/aromatic N) is 1. The van der Waals surface area contributed by atoms with Gasteiger partial charge in [0, 0.05) is 13.2 Å². The van der Waals surface area contributed by atoms with Gasteiger partial charge >= 0.3 is 0 Å². The monoisotopic (exact) mass is 354 g/mol. The minimum absolute atomic E-state index is 0.107. The largest absolute Gasteiger partial charge is 0.467 e. The second-order valence-electron chi connectivity index (χ2n) is 6.81. The molecule has 0 aromatic carbocycles. The average Bonchev–Trinajstić information content (AvgIpc) is 3.12. The van der Waals surface area contributed by atoms with Crippen molar-refractivity contribution >= 4 is 15.9 Å². The third-order valence-electron chi connectivity index (χ3n) is 5.12. The highest BCUT2D eigenvalue weighted by atomic mass is 32.2. The number of furan rings is 1. The van der Waals surface area contributed by atoms with Crippen molar-refractivity contribution in [2.75, 3.05) is 13.2 Å². The van der Waals surface area contributed by atoms with E-state index in [0.717, 1.165) is 19.3 Å². The third-order valence-corrected chi connectivity index (χ3v) is 7.51. The van der Waals surface area contributed by atoms with Gasteiger partial charge < -0.3 is 14.5 Å². The Hall–Kier alpha value is -1.38. The second kappa shape index (κ2) is 6.16. The number of fused-ring (bicyclic) bond motifs is 1. The molecule has 7 nitrogen and oxygen atoms in total. The summed E-state index contributed by atoms with van der Waals surface area (Å²) in [6.07, 6.45) is 4.14. The van der Waals surface area contributed by atoms with Crippen molar-refractivity contribution in [2.24, 2.45) is 5.92 Å². The molecule has 1 aromatic rings. The van der Waals surface area contributed by atoms with E-state index in [-0.39, 0.29) is 35.8 Å². The van der Waals surface area contributed by atoms with E-state index in [4.69, 9.17) is 9.15 Å². The maximum atomic E-state index is 12.7. The summed E-state index contributed by atoms with van der Waals surface area (Å²) in [5.74, 6) is 0.154. The Morgan fingerprint density at radius 2 is 2.17 bits per heavy atom. The molecule has 1 amide bonds. The van der Waals surface area contributed by atoms with Crippen LogP contribution in [-0.2, 0) is 26.1 Å². The van der Waals surface area contributed by atoms with Crippen LogP contribution in [0.1, 0.15) is 31.4 Å². The Balaban J connectivity index is 1.46. The van der Waals surface area contributed by atoms with Gasteiger partial charge in [-0.1, -0.05) is 0 Å². The molecule has 0 unspecified atom stereocenters. The Labute approximate surface area is 141 Å². The Morgan fingerprint density at radius 3 is 2.88 bits per heavy atom. The van der Waals surface area contributed by atoms with E-state index in [1.165, 1.54) is 0 Å². The number of ether oxygens (including phenoxy) is 1. The van der Waals surface area contributed by atoms with Gasteiger partial charge in [0.1, 0.15) is 5.76 Å². The number of nitrogens with one attached hydrogen (secondary N) is 1. The number of carbonyl (C=O) groups is 1. The predicted molar refractivity (Wildman–Crippen MR) is 85.5 cm³/mol. The zero-order valence-corrected chi connectivity index (χ0v) is 14.2. The summed E-state index contributed by atoms with van der Waals surface area (Å²) in [4.78, 5) is 12.5. The number of carbonyl (C=O) groups excluding carboxylic acids is 1. The molecule has 3 atom stereocenters. The summed E-state index contributed by atoms with van der Waals surface area (Å²) in [5, 5.41) is 2.58. The number of piperidine rings is 1. The van der Waals surface area contributed by atoms with Crippen molar-refractivity contribution in [1.82, 2.24) is 9.62 Å². The van der Waals surface area contributed by atoms with E-state index in [1.54, 1.807) is 22.7 Å². The molecule has 1 aliphatic carbocycles. The fraction of sp³-hybridized carbons (Fsp3) is 0.688. The fourth-order valence-corrected chi connectivity index (χ4v) is 5.79. The summed E-state index contributed by atoms with van der Waals surface area (Å²) >= 11 is 0. The Kier molecular flexibility index (Phi) is 4.14. The molecular formula is C16H22N2O5S. The van der Waals surface area contributed by atoms with Gasteiger partial charge in [-0.15, -0.1) is 0 Å². The van der Waals surface area contributed by atoms with Crippen LogP contribution < -0.4 is 5.32 Å². The van der Waals surface area contributed by atoms with Crippen molar-refractivity contribution in [1.29, 1.82) is 0 Å². The molecule has 24 heavy (non-hydrogen) atoms. The molecule has 8 heteroatoms. The van der Waals surface area contributed by atoms with Crippen LogP contribution in [0.3, 0.4) is 0 Å². The topological polar surface area (TPSA) is 88.8 Å².